The molecule has 1 aliphatic heterocycles. The lowest BCUT2D eigenvalue weighted by atomic mass is 10.1. The summed E-state index contributed by atoms with van der Waals surface area (Å²) in [6.07, 6.45) is 2.90. The third-order valence-corrected chi connectivity index (χ3v) is 5.06. The van der Waals surface area contributed by atoms with Gasteiger partial charge < -0.3 is 15.5 Å². The highest BCUT2D eigenvalue weighted by atomic mass is 32.2. The lowest BCUT2D eigenvalue weighted by Gasteiger charge is -2.22. The second kappa shape index (κ2) is 5.08. The first-order valence-electron chi connectivity index (χ1n) is 6.53. The summed E-state index contributed by atoms with van der Waals surface area (Å²) in [7, 11) is -3.55. The van der Waals surface area contributed by atoms with Gasteiger partial charge in [-0.05, 0) is 31.0 Å². The fourth-order valence-electron chi connectivity index (χ4n) is 2.43. The molecule has 0 amide bonds. The van der Waals surface area contributed by atoms with Gasteiger partial charge in [0, 0.05) is 42.0 Å². The second-order valence-corrected chi connectivity index (χ2v) is 6.65. The van der Waals surface area contributed by atoms with Crippen LogP contribution in [0.25, 0.3) is 10.9 Å². The minimum Gasteiger partial charge on any atom is -0.399 e. The number of hydrogen-bond acceptors (Lipinski definition) is 4. The molecule has 0 bridgehead atoms. The van der Waals surface area contributed by atoms with Crippen LogP contribution in [0, 0.1) is 0 Å². The van der Waals surface area contributed by atoms with Gasteiger partial charge in [-0.25, -0.2) is 13.1 Å². The van der Waals surface area contributed by atoms with Crippen molar-refractivity contribution >= 4 is 26.6 Å². The molecule has 3 rings (SSSR count). The number of anilines is 1. The number of aromatic nitrogens is 1. The number of fused-ring (bicyclic) bond motifs is 1. The molecule has 0 saturated carbocycles. The molecular formula is C13H17N3O3S. The van der Waals surface area contributed by atoms with E-state index < -0.39 is 10.0 Å². The first kappa shape index (κ1) is 13.4. The van der Waals surface area contributed by atoms with Crippen LogP contribution in [0.4, 0.5) is 5.69 Å². The Hall–Kier alpha value is -1.57. The Labute approximate surface area is 117 Å². The molecule has 108 valence electrons. The van der Waals surface area contributed by atoms with E-state index >= 15 is 0 Å². The number of H-pyrrole nitrogens is 1. The fraction of sp³-hybridized carbons (Fsp3) is 0.385. The third kappa shape index (κ3) is 2.52. The van der Waals surface area contributed by atoms with Crippen molar-refractivity contribution < 1.29 is 13.2 Å². The average Bonchev–Trinajstić information content (AvgIpc) is 2.83. The molecule has 20 heavy (non-hydrogen) atoms. The number of ether oxygens (including phenoxy) is 1. The minimum atomic E-state index is -3.55. The quantitative estimate of drug-likeness (QED) is 0.741. The van der Waals surface area contributed by atoms with Gasteiger partial charge in [-0.2, -0.15) is 0 Å². The summed E-state index contributed by atoms with van der Waals surface area (Å²) in [5.41, 5.74) is 7.03. The number of nitrogen functional groups attached to an aromatic ring is 1. The first-order valence-corrected chi connectivity index (χ1v) is 8.01. The molecule has 7 heteroatoms. The van der Waals surface area contributed by atoms with Gasteiger partial charge in [0.25, 0.3) is 0 Å². The lowest BCUT2D eigenvalue weighted by Crippen LogP contribution is -2.38. The highest BCUT2D eigenvalue weighted by molar-refractivity contribution is 7.89. The number of benzene rings is 1. The third-order valence-electron chi connectivity index (χ3n) is 3.50. The number of hydrogen-bond donors (Lipinski definition) is 3. The Morgan fingerprint density at radius 1 is 1.30 bits per heavy atom. The normalized spacial score (nSPS) is 17.6. The molecule has 0 radical (unpaired) electrons. The molecule has 2 heterocycles. The van der Waals surface area contributed by atoms with Crippen molar-refractivity contribution in [1.82, 2.24) is 9.71 Å². The zero-order chi connectivity index (χ0) is 14.2. The summed E-state index contributed by atoms with van der Waals surface area (Å²) in [4.78, 5) is 3.20. The molecule has 0 aliphatic carbocycles. The van der Waals surface area contributed by atoms with Gasteiger partial charge in [0.1, 0.15) is 4.90 Å². The standard InChI is InChI=1S/C13H17N3O3S/c14-9-1-2-12-11(7-9)13(8-15-12)20(17,18)16-10-3-5-19-6-4-10/h1-2,7-8,10,15-16H,3-6,14H2. The van der Waals surface area contributed by atoms with Crippen LogP contribution in [-0.2, 0) is 14.8 Å². The monoisotopic (exact) mass is 295 g/mol. The molecule has 1 aliphatic rings. The topological polar surface area (TPSA) is 97.2 Å². The van der Waals surface area contributed by atoms with E-state index in [0.29, 0.717) is 37.1 Å². The maximum absolute atomic E-state index is 12.5. The van der Waals surface area contributed by atoms with Crippen molar-refractivity contribution in [2.45, 2.75) is 23.8 Å². The SMILES string of the molecule is Nc1ccc2[nH]cc(S(=O)(=O)NC3CCOCC3)c2c1. The van der Waals surface area contributed by atoms with Crippen LogP contribution < -0.4 is 10.5 Å². The van der Waals surface area contributed by atoms with E-state index in [4.69, 9.17) is 10.5 Å². The summed E-state index contributed by atoms with van der Waals surface area (Å²) in [5.74, 6) is 0. The lowest BCUT2D eigenvalue weighted by molar-refractivity contribution is 0.0832. The summed E-state index contributed by atoms with van der Waals surface area (Å²) in [6.45, 7) is 1.18. The number of nitrogens with one attached hydrogen (secondary N) is 2. The molecule has 2 aromatic rings. The molecular weight excluding hydrogens is 278 g/mol. The fourth-order valence-corrected chi connectivity index (χ4v) is 3.91. The molecule has 6 nitrogen and oxygen atoms in total. The van der Waals surface area contributed by atoms with Crippen LogP contribution in [0.2, 0.25) is 0 Å². The molecule has 4 N–H and O–H groups in total. The van der Waals surface area contributed by atoms with Gasteiger partial charge in [0.15, 0.2) is 0 Å². The van der Waals surface area contributed by atoms with Crippen molar-refractivity contribution in [3.63, 3.8) is 0 Å². The molecule has 0 atom stereocenters. The van der Waals surface area contributed by atoms with Crippen LogP contribution in [0.15, 0.2) is 29.3 Å². The van der Waals surface area contributed by atoms with E-state index in [0.717, 1.165) is 5.52 Å². The van der Waals surface area contributed by atoms with E-state index in [1.165, 1.54) is 6.20 Å². The number of rotatable bonds is 3. The van der Waals surface area contributed by atoms with Gasteiger partial charge in [-0.3, -0.25) is 0 Å². The van der Waals surface area contributed by atoms with Crippen LogP contribution in [0.1, 0.15) is 12.8 Å². The zero-order valence-corrected chi connectivity index (χ0v) is 11.7. The van der Waals surface area contributed by atoms with Crippen molar-refractivity contribution in [2.75, 3.05) is 18.9 Å². The van der Waals surface area contributed by atoms with Crippen LogP contribution in [0.5, 0.6) is 0 Å². The van der Waals surface area contributed by atoms with Gasteiger partial charge >= 0.3 is 0 Å². The Morgan fingerprint density at radius 2 is 2.05 bits per heavy atom. The summed E-state index contributed by atoms with van der Waals surface area (Å²) >= 11 is 0. The predicted molar refractivity (Wildman–Crippen MR) is 76.9 cm³/mol. The predicted octanol–water partition coefficient (Wildman–Crippen LogP) is 1.21. The Kier molecular flexibility index (Phi) is 3.41. The average molecular weight is 295 g/mol. The highest BCUT2D eigenvalue weighted by Gasteiger charge is 2.24. The van der Waals surface area contributed by atoms with E-state index in [1.807, 2.05) is 0 Å². The van der Waals surface area contributed by atoms with Crippen LogP contribution in [-0.4, -0.2) is 32.7 Å². The molecule has 1 aromatic heterocycles. The van der Waals surface area contributed by atoms with Crippen molar-refractivity contribution in [3.8, 4) is 0 Å². The summed E-state index contributed by atoms with van der Waals surface area (Å²) in [6, 6.07) is 5.11. The first-order chi connectivity index (χ1) is 9.56. The maximum atomic E-state index is 12.5. The van der Waals surface area contributed by atoms with Crippen molar-refractivity contribution in [2.24, 2.45) is 0 Å². The smallest absolute Gasteiger partial charge is 0.242 e. The number of nitrogens with two attached hydrogens (primary N) is 1. The van der Waals surface area contributed by atoms with E-state index in [1.54, 1.807) is 18.2 Å². The minimum absolute atomic E-state index is 0.0697. The van der Waals surface area contributed by atoms with Gasteiger partial charge in [0.2, 0.25) is 10.0 Å². The highest BCUT2D eigenvalue weighted by Crippen LogP contribution is 2.25. The molecule has 0 unspecified atom stereocenters. The van der Waals surface area contributed by atoms with E-state index in [2.05, 4.69) is 9.71 Å². The van der Waals surface area contributed by atoms with Crippen LogP contribution in [0.3, 0.4) is 0 Å². The maximum Gasteiger partial charge on any atom is 0.242 e. The van der Waals surface area contributed by atoms with Crippen LogP contribution >= 0.6 is 0 Å². The Morgan fingerprint density at radius 3 is 2.80 bits per heavy atom. The Balaban J connectivity index is 1.94. The molecule has 1 aromatic carbocycles. The summed E-state index contributed by atoms with van der Waals surface area (Å²) in [5, 5.41) is 0.615. The molecule has 0 spiro atoms. The molecule has 1 saturated heterocycles. The van der Waals surface area contributed by atoms with E-state index in [9.17, 15) is 8.42 Å². The Bertz CT molecular complexity index is 718. The second-order valence-electron chi connectivity index (χ2n) is 4.97. The van der Waals surface area contributed by atoms with E-state index in [-0.39, 0.29) is 10.9 Å². The van der Waals surface area contributed by atoms with Gasteiger partial charge in [-0.1, -0.05) is 0 Å². The number of aromatic amines is 1. The van der Waals surface area contributed by atoms with Crippen molar-refractivity contribution in [3.05, 3.63) is 24.4 Å². The number of sulfonamides is 1. The van der Waals surface area contributed by atoms with Gasteiger partial charge in [-0.15, -0.1) is 0 Å². The zero-order valence-electron chi connectivity index (χ0n) is 10.9. The summed E-state index contributed by atoms with van der Waals surface area (Å²) < 4.78 is 32.9. The largest absolute Gasteiger partial charge is 0.399 e. The van der Waals surface area contributed by atoms with Crippen molar-refractivity contribution in [1.29, 1.82) is 0 Å². The molecule has 1 fully saturated rings. The van der Waals surface area contributed by atoms with Gasteiger partial charge in [0.05, 0.1) is 0 Å².